The lowest BCUT2D eigenvalue weighted by atomic mass is 9.89. The summed E-state index contributed by atoms with van der Waals surface area (Å²) in [5.41, 5.74) is 0. The van der Waals surface area contributed by atoms with E-state index in [4.69, 9.17) is 0 Å². The monoisotopic (exact) mass is 261 g/mol. The largest absolute Gasteiger partial charge is 0.378 e. The number of rotatable bonds is 3. The Hall–Kier alpha value is -1.09. The molecule has 18 heavy (non-hydrogen) atoms. The Bertz CT molecular complexity index is 396. The Morgan fingerprint density at radius 2 is 1.72 bits per heavy atom. The first-order valence-electron chi connectivity index (χ1n) is 6.97. The van der Waals surface area contributed by atoms with Crippen molar-refractivity contribution in [2.75, 3.05) is 0 Å². The van der Waals surface area contributed by atoms with Gasteiger partial charge in [-0.3, -0.25) is 4.79 Å². The molecule has 1 aliphatic carbocycles. The van der Waals surface area contributed by atoms with Gasteiger partial charge in [-0.25, -0.2) is 0 Å². The van der Waals surface area contributed by atoms with Crippen LogP contribution in [0.2, 0.25) is 13.1 Å². The van der Waals surface area contributed by atoms with Crippen LogP contribution < -0.4 is 10.2 Å². The average molecular weight is 261 g/mol. The molecule has 3 heteroatoms. The average Bonchev–Trinajstić information content (AvgIpc) is 2.40. The molecule has 1 fully saturated rings. The molecule has 1 N–H and O–H groups in total. The van der Waals surface area contributed by atoms with E-state index in [1.807, 2.05) is 6.07 Å². The summed E-state index contributed by atoms with van der Waals surface area (Å²) in [5, 5.41) is 1.30. The third-order valence-corrected chi connectivity index (χ3v) is 6.56. The van der Waals surface area contributed by atoms with E-state index in [9.17, 15) is 4.79 Å². The Morgan fingerprint density at radius 1 is 1.11 bits per heavy atom. The number of carbonyl (C=O) groups is 1. The SMILES string of the molecule is C[Si](C)(NC(=O)C1CCCCC1)c1ccccc1. The van der Waals surface area contributed by atoms with Gasteiger partial charge in [0.05, 0.1) is 0 Å². The molecule has 0 bridgehead atoms. The van der Waals surface area contributed by atoms with Gasteiger partial charge < -0.3 is 4.98 Å². The third-order valence-electron chi connectivity index (χ3n) is 3.91. The number of carbonyl (C=O) groups excluding carboxylic acids is 1. The molecule has 2 rings (SSSR count). The van der Waals surface area contributed by atoms with Crippen molar-refractivity contribution >= 4 is 19.3 Å². The number of benzene rings is 1. The molecule has 0 aliphatic heterocycles. The maximum absolute atomic E-state index is 12.3. The van der Waals surface area contributed by atoms with Crippen LogP contribution in [0, 0.1) is 5.92 Å². The molecule has 0 atom stereocenters. The van der Waals surface area contributed by atoms with Crippen molar-refractivity contribution < 1.29 is 4.79 Å². The molecule has 0 unspecified atom stereocenters. The maximum atomic E-state index is 12.3. The summed E-state index contributed by atoms with van der Waals surface area (Å²) < 4.78 is 0. The first kappa shape index (κ1) is 13.3. The van der Waals surface area contributed by atoms with E-state index < -0.39 is 8.24 Å². The van der Waals surface area contributed by atoms with E-state index in [1.165, 1.54) is 24.4 Å². The van der Waals surface area contributed by atoms with Crippen molar-refractivity contribution in [3.63, 3.8) is 0 Å². The van der Waals surface area contributed by atoms with Crippen molar-refractivity contribution in [2.45, 2.75) is 45.2 Å². The summed E-state index contributed by atoms with van der Waals surface area (Å²) in [5.74, 6) is 0.546. The van der Waals surface area contributed by atoms with Gasteiger partial charge in [0, 0.05) is 5.92 Å². The molecule has 0 radical (unpaired) electrons. The van der Waals surface area contributed by atoms with Crippen molar-refractivity contribution in [2.24, 2.45) is 5.92 Å². The van der Waals surface area contributed by atoms with E-state index in [-0.39, 0.29) is 11.8 Å². The Morgan fingerprint density at radius 3 is 2.33 bits per heavy atom. The molecule has 1 amide bonds. The van der Waals surface area contributed by atoms with E-state index in [0.29, 0.717) is 0 Å². The maximum Gasteiger partial charge on any atom is 0.215 e. The van der Waals surface area contributed by atoms with Gasteiger partial charge in [-0.2, -0.15) is 0 Å². The lowest BCUT2D eigenvalue weighted by Gasteiger charge is -2.28. The molecule has 2 nitrogen and oxygen atoms in total. The summed E-state index contributed by atoms with van der Waals surface area (Å²) in [4.78, 5) is 15.7. The predicted molar refractivity (Wildman–Crippen MR) is 78.3 cm³/mol. The molecule has 1 aromatic carbocycles. The quantitative estimate of drug-likeness (QED) is 0.833. The van der Waals surface area contributed by atoms with Gasteiger partial charge in [0.15, 0.2) is 8.24 Å². The highest BCUT2D eigenvalue weighted by Crippen LogP contribution is 2.24. The zero-order valence-electron chi connectivity index (χ0n) is 11.4. The van der Waals surface area contributed by atoms with Crippen molar-refractivity contribution in [3.05, 3.63) is 30.3 Å². The summed E-state index contributed by atoms with van der Waals surface area (Å²) >= 11 is 0. The van der Waals surface area contributed by atoms with Crippen molar-refractivity contribution in [1.29, 1.82) is 0 Å². The summed E-state index contributed by atoms with van der Waals surface area (Å²) in [7, 11) is -1.83. The van der Waals surface area contributed by atoms with Crippen molar-refractivity contribution in [3.8, 4) is 0 Å². The fourth-order valence-corrected chi connectivity index (χ4v) is 4.69. The zero-order chi connectivity index (χ0) is 13.0. The highest BCUT2D eigenvalue weighted by atomic mass is 28.3. The second-order valence-electron chi connectivity index (χ2n) is 5.82. The minimum Gasteiger partial charge on any atom is -0.378 e. The fourth-order valence-electron chi connectivity index (χ4n) is 2.70. The first-order chi connectivity index (χ1) is 8.59. The number of hydrogen-bond acceptors (Lipinski definition) is 1. The number of amides is 1. The molecule has 1 saturated carbocycles. The van der Waals surface area contributed by atoms with E-state index in [1.54, 1.807) is 0 Å². The van der Waals surface area contributed by atoms with Crippen LogP contribution >= 0.6 is 0 Å². The van der Waals surface area contributed by atoms with Crippen LogP contribution in [0.25, 0.3) is 0 Å². The van der Waals surface area contributed by atoms with E-state index in [2.05, 4.69) is 42.3 Å². The van der Waals surface area contributed by atoms with Gasteiger partial charge in [-0.15, -0.1) is 0 Å². The van der Waals surface area contributed by atoms with E-state index >= 15 is 0 Å². The normalized spacial score (nSPS) is 17.4. The van der Waals surface area contributed by atoms with Gasteiger partial charge in [-0.1, -0.05) is 49.6 Å². The van der Waals surface area contributed by atoms with Gasteiger partial charge in [-0.05, 0) is 31.1 Å². The Balaban J connectivity index is 2.01. The molecule has 0 aromatic heterocycles. The van der Waals surface area contributed by atoms with Crippen molar-refractivity contribution in [1.82, 2.24) is 4.98 Å². The van der Waals surface area contributed by atoms with Gasteiger partial charge in [0.1, 0.15) is 0 Å². The summed E-state index contributed by atoms with van der Waals surface area (Å²) in [6.45, 7) is 4.42. The lowest BCUT2D eigenvalue weighted by molar-refractivity contribution is -0.124. The van der Waals surface area contributed by atoms with Crippen LogP contribution in [0.3, 0.4) is 0 Å². The van der Waals surface area contributed by atoms with E-state index in [0.717, 1.165) is 12.8 Å². The second-order valence-corrected chi connectivity index (χ2v) is 9.89. The fraction of sp³-hybridized carbons (Fsp3) is 0.533. The van der Waals surface area contributed by atoms with Crippen LogP contribution in [0.1, 0.15) is 32.1 Å². The molecule has 1 aliphatic rings. The van der Waals surface area contributed by atoms with Crippen LogP contribution in [0.4, 0.5) is 0 Å². The minimum absolute atomic E-state index is 0.259. The topological polar surface area (TPSA) is 29.1 Å². The molecular formula is C15H23NOSi. The van der Waals surface area contributed by atoms with Gasteiger partial charge >= 0.3 is 0 Å². The van der Waals surface area contributed by atoms with Crippen LogP contribution in [-0.2, 0) is 4.79 Å². The Labute approximate surface area is 111 Å². The standard InChI is InChI=1S/C15H23NOSi/c1-18(2,14-11-7-4-8-12-14)16-15(17)13-9-5-3-6-10-13/h4,7-8,11-13H,3,5-6,9-10H2,1-2H3,(H,16,17). The second kappa shape index (κ2) is 5.70. The van der Waals surface area contributed by atoms with Crippen LogP contribution in [-0.4, -0.2) is 14.1 Å². The van der Waals surface area contributed by atoms with Gasteiger partial charge in [0.25, 0.3) is 0 Å². The lowest BCUT2D eigenvalue weighted by Crippen LogP contribution is -2.58. The third kappa shape index (κ3) is 3.22. The molecule has 0 spiro atoms. The summed E-state index contributed by atoms with van der Waals surface area (Å²) in [6.07, 6.45) is 5.87. The highest BCUT2D eigenvalue weighted by molar-refractivity contribution is 6.89. The molecule has 0 saturated heterocycles. The van der Waals surface area contributed by atoms with Crippen LogP contribution in [0.15, 0.2) is 30.3 Å². The number of hydrogen-bond donors (Lipinski definition) is 1. The molecular weight excluding hydrogens is 238 g/mol. The Kier molecular flexibility index (Phi) is 4.22. The predicted octanol–water partition coefficient (Wildman–Crippen LogP) is 2.80. The highest BCUT2D eigenvalue weighted by Gasteiger charge is 2.29. The number of nitrogens with one attached hydrogen (secondary N) is 1. The smallest absolute Gasteiger partial charge is 0.215 e. The summed E-state index contributed by atoms with van der Waals surface area (Å²) in [6, 6.07) is 10.4. The van der Waals surface area contributed by atoms with Crippen LogP contribution in [0.5, 0.6) is 0 Å². The van der Waals surface area contributed by atoms with Gasteiger partial charge in [0.2, 0.25) is 5.91 Å². The molecule has 0 heterocycles. The first-order valence-corrected chi connectivity index (χ1v) is 9.97. The zero-order valence-corrected chi connectivity index (χ0v) is 12.4. The minimum atomic E-state index is -1.83. The molecule has 1 aromatic rings. The molecule has 98 valence electrons.